The summed E-state index contributed by atoms with van der Waals surface area (Å²) in [7, 11) is 5.88. The maximum absolute atomic E-state index is 4.24. The van der Waals surface area contributed by atoms with Crippen molar-refractivity contribution in [2.45, 2.75) is 6.54 Å². The van der Waals surface area contributed by atoms with Crippen LogP contribution >= 0.6 is 0 Å². The molecule has 0 spiro atoms. The van der Waals surface area contributed by atoms with E-state index in [2.05, 4.69) is 63.6 Å². The summed E-state index contributed by atoms with van der Waals surface area (Å²) in [5.41, 5.74) is 3.23. The Balaban J connectivity index is 0.00000225. The van der Waals surface area contributed by atoms with Crippen LogP contribution in [-0.4, -0.2) is 22.2 Å². The minimum absolute atomic E-state index is 0. The van der Waals surface area contributed by atoms with Crippen LogP contribution in [0.25, 0.3) is 0 Å². The van der Waals surface area contributed by atoms with Crippen LogP contribution in [0.3, 0.4) is 0 Å². The highest BCUT2D eigenvalue weighted by Crippen LogP contribution is 2.21. The molecule has 0 saturated carbocycles. The average Bonchev–Trinajstić information content (AvgIpc) is 2.93. The highest BCUT2D eigenvalue weighted by molar-refractivity contribution is 5.52. The average molecular weight is 338 g/mol. The zero-order valence-corrected chi connectivity index (χ0v) is 14.6. The molecule has 7 heteroatoms. The van der Waals surface area contributed by atoms with E-state index in [1.165, 1.54) is 5.56 Å². The molecule has 2 aromatic carbocycles. The van der Waals surface area contributed by atoms with Crippen molar-refractivity contribution in [3.8, 4) is 0 Å². The number of anilines is 1. The molecular weight excluding hydrogens is 316 g/mol. The molecule has 0 saturated heterocycles. The predicted molar refractivity (Wildman–Crippen MR) is 95.5 cm³/mol. The molecular formula is C18H22N6O. The van der Waals surface area contributed by atoms with Gasteiger partial charge in [0.15, 0.2) is 0 Å². The van der Waals surface area contributed by atoms with Gasteiger partial charge < -0.3 is 10.4 Å². The van der Waals surface area contributed by atoms with E-state index in [1.54, 1.807) is 6.33 Å². The predicted octanol–water partition coefficient (Wildman–Crippen LogP) is 3.12. The number of azo groups is 1. The molecule has 0 unspecified atom stereocenters. The van der Waals surface area contributed by atoms with Gasteiger partial charge >= 0.3 is 12.3 Å². The second-order valence-electron chi connectivity index (χ2n) is 5.70. The Kier molecular flexibility index (Phi) is 5.97. The van der Waals surface area contributed by atoms with Gasteiger partial charge in [-0.25, -0.2) is 0 Å². The second-order valence-corrected chi connectivity index (χ2v) is 5.70. The summed E-state index contributed by atoms with van der Waals surface area (Å²) in [6.07, 6.45) is 1.70. The number of benzene rings is 2. The first-order chi connectivity index (χ1) is 11.6. The summed E-state index contributed by atoms with van der Waals surface area (Å²) in [5.74, 6) is 0.572. The molecule has 1 N–H and O–H groups in total. The Labute approximate surface area is 147 Å². The molecule has 0 aliphatic rings. The van der Waals surface area contributed by atoms with Gasteiger partial charge in [-0.05, 0) is 34.8 Å². The first-order valence-corrected chi connectivity index (χ1v) is 7.78. The van der Waals surface area contributed by atoms with Gasteiger partial charge in [0.25, 0.3) is 0 Å². The Morgan fingerprint density at radius 3 is 2.32 bits per heavy atom. The third kappa shape index (κ3) is 4.48. The van der Waals surface area contributed by atoms with Crippen molar-refractivity contribution in [3.63, 3.8) is 0 Å². The normalized spacial score (nSPS) is 10.7. The topological polar surface area (TPSA) is 79.7 Å². The van der Waals surface area contributed by atoms with E-state index in [-0.39, 0.29) is 5.48 Å². The largest absolute Gasteiger partial charge is 0.870 e. The smallest absolute Gasteiger partial charge is 0.394 e. The lowest BCUT2D eigenvalue weighted by Gasteiger charge is -2.19. The summed E-state index contributed by atoms with van der Waals surface area (Å²) in [6, 6.07) is 18.4. The van der Waals surface area contributed by atoms with Crippen molar-refractivity contribution in [1.82, 2.24) is 9.67 Å². The van der Waals surface area contributed by atoms with Crippen LogP contribution in [0.4, 0.5) is 17.3 Å². The monoisotopic (exact) mass is 338 g/mol. The Morgan fingerprint density at radius 1 is 1.04 bits per heavy atom. The molecule has 0 radical (unpaired) electrons. The van der Waals surface area contributed by atoms with Crippen LogP contribution < -0.4 is 9.58 Å². The van der Waals surface area contributed by atoms with Crippen LogP contribution in [0.15, 0.2) is 71.2 Å². The van der Waals surface area contributed by atoms with E-state index in [9.17, 15) is 0 Å². The van der Waals surface area contributed by atoms with Gasteiger partial charge in [0.1, 0.15) is 7.05 Å². The Bertz CT molecular complexity index is 827. The fourth-order valence-corrected chi connectivity index (χ4v) is 2.35. The lowest BCUT2D eigenvalue weighted by atomic mass is 10.2. The molecule has 0 atom stereocenters. The molecule has 1 heterocycles. The lowest BCUT2D eigenvalue weighted by molar-refractivity contribution is -0.751. The van der Waals surface area contributed by atoms with E-state index < -0.39 is 0 Å². The highest BCUT2D eigenvalue weighted by atomic mass is 16.0. The molecule has 3 aromatic rings. The van der Waals surface area contributed by atoms with Crippen LogP contribution in [0.5, 0.6) is 0 Å². The maximum atomic E-state index is 4.24. The molecule has 0 amide bonds. The molecule has 25 heavy (non-hydrogen) atoms. The molecule has 0 aliphatic heterocycles. The van der Waals surface area contributed by atoms with E-state index in [1.807, 2.05) is 41.7 Å². The first kappa shape index (κ1) is 18.3. The van der Waals surface area contributed by atoms with Gasteiger partial charge in [-0.2, -0.15) is 9.36 Å². The van der Waals surface area contributed by atoms with Crippen LogP contribution in [0, 0.1) is 0 Å². The summed E-state index contributed by atoms with van der Waals surface area (Å²) < 4.78 is 3.67. The summed E-state index contributed by atoms with van der Waals surface area (Å²) in [5, 5.41) is 8.43. The zero-order valence-electron chi connectivity index (χ0n) is 14.6. The van der Waals surface area contributed by atoms with Crippen molar-refractivity contribution in [1.29, 1.82) is 0 Å². The van der Waals surface area contributed by atoms with Crippen LogP contribution in [0.2, 0.25) is 0 Å². The molecule has 130 valence electrons. The zero-order chi connectivity index (χ0) is 16.9. The molecule has 7 nitrogen and oxygen atoms in total. The Hall–Kier alpha value is -3.06. The molecule has 0 aliphatic carbocycles. The van der Waals surface area contributed by atoms with Crippen molar-refractivity contribution >= 4 is 17.3 Å². The van der Waals surface area contributed by atoms with E-state index in [0.717, 1.165) is 17.9 Å². The number of hydrogen-bond donors (Lipinski definition) is 0. The summed E-state index contributed by atoms with van der Waals surface area (Å²) in [6.45, 7) is 0.867. The lowest BCUT2D eigenvalue weighted by Crippen LogP contribution is -2.35. The van der Waals surface area contributed by atoms with Crippen molar-refractivity contribution in [2.24, 2.45) is 24.3 Å². The third-order valence-electron chi connectivity index (χ3n) is 3.91. The fourth-order valence-electron chi connectivity index (χ4n) is 2.35. The maximum Gasteiger partial charge on any atom is 0.394 e. The minimum atomic E-state index is 0. The van der Waals surface area contributed by atoms with Crippen molar-refractivity contribution in [2.75, 3.05) is 11.9 Å². The number of hydrogen-bond acceptors (Lipinski definition) is 5. The van der Waals surface area contributed by atoms with Gasteiger partial charge in [0.05, 0.1) is 12.7 Å². The molecule has 3 rings (SSSR count). The first-order valence-electron chi connectivity index (χ1n) is 7.78. The highest BCUT2D eigenvalue weighted by Gasteiger charge is 2.09. The van der Waals surface area contributed by atoms with Gasteiger partial charge in [-0.1, -0.05) is 35.4 Å². The molecule has 0 fully saturated rings. The minimum Gasteiger partial charge on any atom is -0.870 e. The van der Waals surface area contributed by atoms with Gasteiger partial charge in [0, 0.05) is 19.3 Å². The summed E-state index contributed by atoms with van der Waals surface area (Å²) in [4.78, 5) is 6.38. The van der Waals surface area contributed by atoms with Gasteiger partial charge in [-0.15, -0.1) is 5.11 Å². The second kappa shape index (κ2) is 8.16. The third-order valence-corrected chi connectivity index (χ3v) is 3.91. The fraction of sp³-hybridized carbons (Fsp3) is 0.222. The number of aryl methyl sites for hydroxylation is 1. The molecule has 0 bridgehead atoms. The summed E-state index contributed by atoms with van der Waals surface area (Å²) >= 11 is 0. The van der Waals surface area contributed by atoms with Gasteiger partial charge in [-0.3, -0.25) is 0 Å². The van der Waals surface area contributed by atoms with Crippen molar-refractivity contribution in [3.05, 3.63) is 66.5 Å². The quantitative estimate of drug-likeness (QED) is 0.529. The van der Waals surface area contributed by atoms with Crippen LogP contribution in [0.1, 0.15) is 5.56 Å². The SMILES string of the molecule is CN(Cc1ccccc1)c1ccc(N=Nc2nc[n+](C)n2C)cc1.[OH-]. The number of nitrogens with zero attached hydrogens (tertiary/aromatic N) is 6. The van der Waals surface area contributed by atoms with E-state index in [0.29, 0.717) is 5.95 Å². The van der Waals surface area contributed by atoms with Gasteiger partial charge in [0.2, 0.25) is 0 Å². The van der Waals surface area contributed by atoms with E-state index >= 15 is 0 Å². The van der Waals surface area contributed by atoms with Crippen molar-refractivity contribution < 1.29 is 10.2 Å². The standard InChI is InChI=1S/C18H21N6.H2O/c1-22(13-15-7-5-4-6-8-15)17-11-9-16(10-12-17)20-21-18-19-14-23(2)24(18)3;/h4-12,14H,13H2,1-3H3;1H2/q+1;/p-1. The molecule has 1 aromatic heterocycles. The Morgan fingerprint density at radius 2 is 1.72 bits per heavy atom. The van der Waals surface area contributed by atoms with E-state index in [4.69, 9.17) is 0 Å². The number of aromatic nitrogens is 3. The van der Waals surface area contributed by atoms with Crippen LogP contribution in [-0.2, 0) is 20.6 Å². The number of rotatable bonds is 5.